The molecule has 0 aliphatic heterocycles. The summed E-state index contributed by atoms with van der Waals surface area (Å²) in [5.41, 5.74) is 6.09. The van der Waals surface area contributed by atoms with E-state index in [4.69, 9.17) is 17.3 Å². The molecule has 0 aromatic heterocycles. The van der Waals surface area contributed by atoms with Gasteiger partial charge in [0.1, 0.15) is 0 Å². The van der Waals surface area contributed by atoms with Crippen LogP contribution >= 0.6 is 27.5 Å². The van der Waals surface area contributed by atoms with Crippen LogP contribution in [0.2, 0.25) is 5.02 Å². The van der Waals surface area contributed by atoms with Gasteiger partial charge in [-0.2, -0.15) is 0 Å². The lowest BCUT2D eigenvalue weighted by Gasteiger charge is -2.22. The Morgan fingerprint density at radius 2 is 2.00 bits per heavy atom. The van der Waals surface area contributed by atoms with E-state index in [1.165, 1.54) is 29.3 Å². The van der Waals surface area contributed by atoms with Gasteiger partial charge in [-0.3, -0.25) is 0 Å². The van der Waals surface area contributed by atoms with Gasteiger partial charge < -0.3 is 5.73 Å². The molecule has 7 heteroatoms. The first-order chi connectivity index (χ1) is 9.32. The highest BCUT2D eigenvalue weighted by Crippen LogP contribution is 2.34. The van der Waals surface area contributed by atoms with Gasteiger partial charge in [0.2, 0.25) is 10.0 Å². The van der Waals surface area contributed by atoms with Crippen molar-refractivity contribution in [1.82, 2.24) is 4.31 Å². The molecule has 1 saturated carbocycles. The van der Waals surface area contributed by atoms with E-state index in [9.17, 15) is 8.42 Å². The largest absolute Gasteiger partial charge is 0.398 e. The first kappa shape index (κ1) is 16.1. The molecule has 4 nitrogen and oxygen atoms in total. The average Bonchev–Trinajstić information content (AvgIpc) is 2.86. The van der Waals surface area contributed by atoms with Gasteiger partial charge >= 0.3 is 0 Å². The Balaban J connectivity index is 2.29. The zero-order valence-electron chi connectivity index (χ0n) is 11.3. The number of benzene rings is 1. The molecule has 112 valence electrons. The first-order valence-electron chi connectivity index (χ1n) is 6.53. The van der Waals surface area contributed by atoms with E-state index >= 15 is 0 Å². The number of hydrogen-bond acceptors (Lipinski definition) is 3. The molecule has 1 aliphatic rings. The molecule has 0 heterocycles. The number of nitrogens with two attached hydrogens (primary N) is 1. The lowest BCUT2D eigenvalue weighted by atomic mass is 10.1. The van der Waals surface area contributed by atoms with Crippen LogP contribution in [0.4, 0.5) is 5.69 Å². The minimum atomic E-state index is -3.58. The summed E-state index contributed by atoms with van der Waals surface area (Å²) in [6.45, 7) is 0.543. The molecule has 0 spiro atoms. The first-order valence-corrected chi connectivity index (χ1v) is 9.14. The van der Waals surface area contributed by atoms with E-state index < -0.39 is 10.0 Å². The van der Waals surface area contributed by atoms with Crippen molar-refractivity contribution < 1.29 is 8.42 Å². The van der Waals surface area contributed by atoms with Crippen LogP contribution in [0.1, 0.15) is 25.7 Å². The Kier molecular flexibility index (Phi) is 5.00. The molecular weight excluding hydrogens is 364 g/mol. The van der Waals surface area contributed by atoms with Crippen molar-refractivity contribution in [2.45, 2.75) is 30.6 Å². The average molecular weight is 382 g/mol. The zero-order chi connectivity index (χ0) is 14.9. The second-order valence-corrected chi connectivity index (χ2v) is 8.49. The van der Waals surface area contributed by atoms with Crippen LogP contribution < -0.4 is 5.73 Å². The fraction of sp³-hybridized carbons (Fsp3) is 0.538. The number of hydrogen-bond donors (Lipinski definition) is 1. The maximum Gasteiger partial charge on any atom is 0.244 e. The highest BCUT2D eigenvalue weighted by molar-refractivity contribution is 9.10. The summed E-state index contributed by atoms with van der Waals surface area (Å²) in [5.74, 6) is 0.449. The molecule has 1 aromatic carbocycles. The Labute approximate surface area is 133 Å². The van der Waals surface area contributed by atoms with Gasteiger partial charge in [-0.1, -0.05) is 24.4 Å². The topological polar surface area (TPSA) is 63.4 Å². The quantitative estimate of drug-likeness (QED) is 0.812. The summed E-state index contributed by atoms with van der Waals surface area (Å²) in [6.07, 6.45) is 4.57. The van der Waals surface area contributed by atoms with Crippen LogP contribution in [0, 0.1) is 5.92 Å². The van der Waals surface area contributed by atoms with Crippen LogP contribution in [-0.2, 0) is 10.0 Å². The molecule has 1 aromatic rings. The summed E-state index contributed by atoms with van der Waals surface area (Å²) in [5, 5.41) is 0.318. The maximum absolute atomic E-state index is 12.6. The maximum atomic E-state index is 12.6. The van der Waals surface area contributed by atoms with Crippen molar-refractivity contribution in [1.29, 1.82) is 0 Å². The van der Waals surface area contributed by atoms with Crippen LogP contribution in [0.15, 0.2) is 21.5 Å². The summed E-state index contributed by atoms with van der Waals surface area (Å²) >= 11 is 9.16. The van der Waals surface area contributed by atoms with Gasteiger partial charge in [0.05, 0.1) is 9.37 Å². The van der Waals surface area contributed by atoms with Crippen LogP contribution in [0.3, 0.4) is 0 Å². The number of nitrogen functional groups attached to an aromatic ring is 1. The molecule has 0 radical (unpaired) electrons. The van der Waals surface area contributed by atoms with Gasteiger partial charge in [-0.15, -0.1) is 0 Å². The van der Waals surface area contributed by atoms with E-state index in [1.807, 2.05) is 0 Å². The standard InChI is InChI=1S/C13H18BrClN2O2S/c1-17(8-9-4-2-3-5-9)20(18,19)12-7-10(15)6-11(16)13(12)14/h6-7,9H,2-5,8,16H2,1H3. The second-order valence-electron chi connectivity index (χ2n) is 5.24. The van der Waals surface area contributed by atoms with E-state index in [1.54, 1.807) is 7.05 Å². The number of anilines is 1. The lowest BCUT2D eigenvalue weighted by Crippen LogP contribution is -2.31. The minimum absolute atomic E-state index is 0.128. The minimum Gasteiger partial charge on any atom is -0.398 e. The summed E-state index contributed by atoms with van der Waals surface area (Å²) in [6, 6.07) is 2.96. The molecule has 0 amide bonds. The highest BCUT2D eigenvalue weighted by atomic mass is 79.9. The normalized spacial score (nSPS) is 17.0. The van der Waals surface area contributed by atoms with Crippen molar-refractivity contribution in [2.24, 2.45) is 5.92 Å². The van der Waals surface area contributed by atoms with Gasteiger partial charge in [0.15, 0.2) is 0 Å². The molecule has 1 fully saturated rings. The van der Waals surface area contributed by atoms with E-state index in [-0.39, 0.29) is 4.90 Å². The number of rotatable bonds is 4. The highest BCUT2D eigenvalue weighted by Gasteiger charge is 2.28. The Morgan fingerprint density at radius 1 is 1.40 bits per heavy atom. The fourth-order valence-corrected chi connectivity index (χ4v) is 5.09. The van der Waals surface area contributed by atoms with Gasteiger partial charge in [-0.25, -0.2) is 12.7 Å². The van der Waals surface area contributed by atoms with Gasteiger partial charge in [-0.05, 0) is 46.8 Å². The molecule has 2 rings (SSSR count). The summed E-state index contributed by atoms with van der Waals surface area (Å²) < 4.78 is 27.0. The summed E-state index contributed by atoms with van der Waals surface area (Å²) in [4.78, 5) is 0.128. The predicted octanol–water partition coefficient (Wildman–Crippen LogP) is 3.50. The third kappa shape index (κ3) is 3.30. The monoisotopic (exact) mass is 380 g/mol. The van der Waals surface area contributed by atoms with E-state index in [0.29, 0.717) is 27.6 Å². The van der Waals surface area contributed by atoms with Crippen molar-refractivity contribution in [3.05, 3.63) is 21.6 Å². The molecule has 0 bridgehead atoms. The van der Waals surface area contributed by atoms with Gasteiger partial charge in [0.25, 0.3) is 0 Å². The number of nitrogens with zero attached hydrogens (tertiary/aromatic N) is 1. The molecule has 1 aliphatic carbocycles. The van der Waals surface area contributed by atoms with E-state index in [2.05, 4.69) is 15.9 Å². The van der Waals surface area contributed by atoms with Crippen LogP contribution in [-0.4, -0.2) is 26.3 Å². The molecular formula is C13H18BrClN2O2S. The van der Waals surface area contributed by atoms with Crippen LogP contribution in [0.25, 0.3) is 0 Å². The SMILES string of the molecule is CN(CC1CCCC1)S(=O)(=O)c1cc(Cl)cc(N)c1Br. The molecule has 0 unspecified atom stereocenters. The molecule has 2 N–H and O–H groups in total. The third-order valence-corrected chi connectivity index (χ3v) is 6.92. The van der Waals surface area contributed by atoms with Gasteiger partial charge in [0, 0.05) is 24.3 Å². The molecule has 0 saturated heterocycles. The van der Waals surface area contributed by atoms with Crippen molar-refractivity contribution >= 4 is 43.2 Å². The predicted molar refractivity (Wildman–Crippen MR) is 85.3 cm³/mol. The molecule has 0 atom stereocenters. The van der Waals surface area contributed by atoms with Crippen molar-refractivity contribution in [3.8, 4) is 0 Å². The van der Waals surface area contributed by atoms with Crippen molar-refractivity contribution in [3.63, 3.8) is 0 Å². The Bertz CT molecular complexity index is 601. The van der Waals surface area contributed by atoms with E-state index in [0.717, 1.165) is 12.8 Å². The molecule has 20 heavy (non-hydrogen) atoms. The Morgan fingerprint density at radius 3 is 2.60 bits per heavy atom. The third-order valence-electron chi connectivity index (χ3n) is 3.71. The van der Waals surface area contributed by atoms with Crippen molar-refractivity contribution in [2.75, 3.05) is 19.3 Å². The fourth-order valence-electron chi connectivity index (χ4n) is 2.59. The number of sulfonamides is 1. The second kappa shape index (κ2) is 6.22. The lowest BCUT2D eigenvalue weighted by molar-refractivity contribution is 0.387. The summed E-state index contributed by atoms with van der Waals surface area (Å²) in [7, 11) is -1.97. The Hall–Kier alpha value is -0.300. The van der Waals surface area contributed by atoms with Crippen LogP contribution in [0.5, 0.6) is 0 Å². The number of halogens is 2. The smallest absolute Gasteiger partial charge is 0.244 e. The zero-order valence-corrected chi connectivity index (χ0v) is 14.4.